The Morgan fingerprint density at radius 1 is 0.389 bits per heavy atom. The van der Waals surface area contributed by atoms with Gasteiger partial charge in [-0.3, -0.25) is 0 Å². The number of rotatable bonds is 10. The quantitative estimate of drug-likeness (QED) is 0.135. The van der Waals surface area contributed by atoms with E-state index in [4.69, 9.17) is 0 Å². The fourth-order valence-electron chi connectivity index (χ4n) is 12.0. The third-order valence-electron chi connectivity index (χ3n) is 15.4. The normalized spacial score (nSPS) is 14.0. The van der Waals surface area contributed by atoms with E-state index in [-0.39, 0.29) is 5.41 Å². The monoisotopic (exact) mass is 920 g/mol. The lowest BCUT2D eigenvalue weighted by atomic mass is 9.68. The van der Waals surface area contributed by atoms with Crippen molar-refractivity contribution in [3.8, 4) is 50.2 Å². The highest BCUT2D eigenvalue weighted by atomic mass is 15.0. The fourth-order valence-corrected chi connectivity index (χ4v) is 12.0. The molecule has 1 aromatic heterocycles. The van der Waals surface area contributed by atoms with Crippen LogP contribution in [0.25, 0.3) is 78.1 Å². The van der Waals surface area contributed by atoms with Gasteiger partial charge in [-0.25, -0.2) is 0 Å². The Kier molecular flexibility index (Phi) is 10.4. The summed E-state index contributed by atoms with van der Waals surface area (Å²) in [6.07, 6.45) is 12.4. The Labute approximate surface area is 422 Å². The highest BCUT2D eigenvalue weighted by Gasteiger charge is 2.47. The minimum absolute atomic E-state index is 0.0304. The van der Waals surface area contributed by atoms with Crippen LogP contribution in [-0.2, 0) is 10.8 Å². The van der Waals surface area contributed by atoms with Gasteiger partial charge in [0.1, 0.15) is 0 Å². The molecule has 2 aliphatic carbocycles. The van der Waals surface area contributed by atoms with Gasteiger partial charge in [-0.2, -0.15) is 0 Å². The zero-order chi connectivity index (χ0) is 48.2. The molecule has 13 rings (SSSR count). The van der Waals surface area contributed by atoms with E-state index in [9.17, 15) is 0 Å². The predicted octanol–water partition coefficient (Wildman–Crippen LogP) is 18.0. The molecule has 2 nitrogen and oxygen atoms in total. The highest BCUT2D eigenvalue weighted by molar-refractivity contribution is 6.11. The lowest BCUT2D eigenvalue weighted by Crippen LogP contribution is -2.28. The Morgan fingerprint density at radius 2 is 0.986 bits per heavy atom. The van der Waals surface area contributed by atoms with Crippen molar-refractivity contribution in [2.24, 2.45) is 0 Å². The van der Waals surface area contributed by atoms with Crippen LogP contribution in [-0.4, -0.2) is 4.57 Å². The number of anilines is 1. The standard InChI is InChI=1S/C70H52N2/c1-69(2)61-31-15-12-28-56(61)59-45-48(36-42-62(59)69)21-7-3-4-18-44-71-55-40-37-49(38-41-55)50-22-19-23-51(46-50)52-39-43-66-60(47-52)57-29-14-17-34-65(57)72(66)67-35-20-33-64-68(67)58-30-13-16-32-63(58)70(64,53-24-8-5-9-25-53)54-26-10-6-11-27-54/h3-47,71H,1-2H3/b4-3-,21-7-,44-18+. The minimum atomic E-state index is -0.470. The van der Waals surface area contributed by atoms with Gasteiger partial charge in [0, 0.05) is 33.6 Å². The van der Waals surface area contributed by atoms with Crippen molar-refractivity contribution in [2.45, 2.75) is 24.7 Å². The van der Waals surface area contributed by atoms with Gasteiger partial charge >= 0.3 is 0 Å². The van der Waals surface area contributed by atoms with Gasteiger partial charge in [-0.15, -0.1) is 0 Å². The SMILES string of the molecule is CC1(C)c2ccccc2-c2cc(\C=C/C=C\C=C\Nc3ccc(-c4cccc(-c5ccc6c(c5)c5ccccc5n6-c5cccc6c5-c5ccccc5C6(c5ccccc5)c5ccccc5)c4)cc3)ccc21. The van der Waals surface area contributed by atoms with Crippen molar-refractivity contribution in [3.05, 3.63) is 306 Å². The van der Waals surface area contributed by atoms with E-state index < -0.39 is 5.41 Å². The van der Waals surface area contributed by atoms with Crippen LogP contribution in [0.2, 0.25) is 0 Å². The lowest BCUT2D eigenvalue weighted by molar-refractivity contribution is 0.660. The molecule has 0 unspecified atom stereocenters. The molecule has 0 saturated carbocycles. The van der Waals surface area contributed by atoms with Crippen molar-refractivity contribution < 1.29 is 0 Å². The first-order valence-electron chi connectivity index (χ1n) is 25.1. The summed E-state index contributed by atoms with van der Waals surface area (Å²) >= 11 is 0. The Balaban J connectivity index is 0.769. The molecule has 0 atom stereocenters. The summed E-state index contributed by atoms with van der Waals surface area (Å²) in [5.41, 5.74) is 23.3. The smallest absolute Gasteiger partial charge is 0.0714 e. The maximum atomic E-state index is 3.44. The van der Waals surface area contributed by atoms with E-state index in [0.717, 1.165) is 5.69 Å². The molecule has 0 spiro atoms. The van der Waals surface area contributed by atoms with Gasteiger partial charge in [0.25, 0.3) is 0 Å². The predicted molar refractivity (Wildman–Crippen MR) is 304 cm³/mol. The van der Waals surface area contributed by atoms with Gasteiger partial charge in [-0.05, 0) is 132 Å². The minimum Gasteiger partial charge on any atom is -0.362 e. The number of allylic oxidation sites excluding steroid dienone is 4. The maximum absolute atomic E-state index is 3.44. The first-order valence-corrected chi connectivity index (χ1v) is 25.1. The van der Waals surface area contributed by atoms with E-state index in [2.05, 4.69) is 285 Å². The number of hydrogen-bond acceptors (Lipinski definition) is 1. The van der Waals surface area contributed by atoms with E-state index in [1.165, 1.54) is 111 Å². The molecule has 10 aromatic carbocycles. The summed E-state index contributed by atoms with van der Waals surface area (Å²) in [6, 6.07) is 87.2. The molecule has 0 amide bonds. The van der Waals surface area contributed by atoms with Crippen molar-refractivity contribution in [1.82, 2.24) is 4.57 Å². The van der Waals surface area contributed by atoms with Crippen LogP contribution in [0.15, 0.2) is 267 Å². The molecular formula is C70H52N2. The van der Waals surface area contributed by atoms with E-state index in [1.54, 1.807) is 0 Å². The summed E-state index contributed by atoms with van der Waals surface area (Å²) in [4.78, 5) is 0. The first kappa shape index (κ1) is 43.1. The van der Waals surface area contributed by atoms with Crippen LogP contribution in [0.4, 0.5) is 5.69 Å². The van der Waals surface area contributed by atoms with Crippen molar-refractivity contribution in [3.63, 3.8) is 0 Å². The average Bonchev–Trinajstić information content (AvgIpc) is 4.02. The summed E-state index contributed by atoms with van der Waals surface area (Å²) in [5.74, 6) is 0. The lowest BCUT2D eigenvalue weighted by Gasteiger charge is -2.34. The fraction of sp³-hybridized carbons (Fsp3) is 0.0571. The maximum Gasteiger partial charge on any atom is 0.0714 e. The molecule has 1 heterocycles. The molecule has 0 radical (unpaired) electrons. The topological polar surface area (TPSA) is 17.0 Å². The van der Waals surface area contributed by atoms with Crippen LogP contribution in [0.1, 0.15) is 52.8 Å². The molecule has 342 valence electrons. The molecule has 0 bridgehead atoms. The van der Waals surface area contributed by atoms with Crippen LogP contribution in [0.3, 0.4) is 0 Å². The van der Waals surface area contributed by atoms with E-state index in [0.29, 0.717) is 0 Å². The zero-order valence-electron chi connectivity index (χ0n) is 40.4. The number of fused-ring (bicyclic) bond motifs is 9. The molecule has 0 fully saturated rings. The van der Waals surface area contributed by atoms with Gasteiger partial charge in [0.05, 0.1) is 22.1 Å². The highest BCUT2D eigenvalue weighted by Crippen LogP contribution is 2.58. The molecule has 0 aliphatic heterocycles. The Morgan fingerprint density at radius 3 is 1.78 bits per heavy atom. The van der Waals surface area contributed by atoms with Crippen molar-refractivity contribution >= 4 is 33.6 Å². The van der Waals surface area contributed by atoms with Crippen LogP contribution in [0, 0.1) is 0 Å². The summed E-state index contributed by atoms with van der Waals surface area (Å²) in [5, 5.41) is 5.91. The Hall–Kier alpha value is -8.98. The second kappa shape index (κ2) is 17.5. The Bertz CT molecular complexity index is 3920. The summed E-state index contributed by atoms with van der Waals surface area (Å²) in [7, 11) is 0. The number of nitrogens with zero attached hydrogens (tertiary/aromatic N) is 1. The summed E-state index contributed by atoms with van der Waals surface area (Å²) in [6.45, 7) is 4.64. The summed E-state index contributed by atoms with van der Waals surface area (Å²) < 4.78 is 2.50. The third kappa shape index (κ3) is 6.94. The molecular weight excluding hydrogens is 869 g/mol. The average molecular weight is 921 g/mol. The number of nitrogens with one attached hydrogen (secondary N) is 1. The molecule has 11 aromatic rings. The molecule has 72 heavy (non-hydrogen) atoms. The van der Waals surface area contributed by atoms with Gasteiger partial charge in [-0.1, -0.05) is 226 Å². The van der Waals surface area contributed by atoms with Gasteiger partial charge < -0.3 is 9.88 Å². The van der Waals surface area contributed by atoms with Crippen LogP contribution < -0.4 is 5.32 Å². The van der Waals surface area contributed by atoms with Crippen LogP contribution in [0.5, 0.6) is 0 Å². The molecule has 2 heteroatoms. The molecule has 2 aliphatic rings. The molecule has 1 N–H and O–H groups in total. The second-order valence-corrected chi connectivity index (χ2v) is 19.7. The van der Waals surface area contributed by atoms with Gasteiger partial charge in [0.15, 0.2) is 0 Å². The largest absolute Gasteiger partial charge is 0.362 e. The molecule has 0 saturated heterocycles. The number of benzene rings is 10. The number of para-hydroxylation sites is 1. The van der Waals surface area contributed by atoms with Crippen molar-refractivity contribution in [2.75, 3.05) is 5.32 Å². The van der Waals surface area contributed by atoms with Gasteiger partial charge in [0.2, 0.25) is 0 Å². The number of hydrogen-bond donors (Lipinski definition) is 1. The van der Waals surface area contributed by atoms with E-state index in [1.807, 2.05) is 12.3 Å². The second-order valence-electron chi connectivity index (χ2n) is 19.7. The van der Waals surface area contributed by atoms with E-state index >= 15 is 0 Å². The van der Waals surface area contributed by atoms with Crippen molar-refractivity contribution in [1.29, 1.82) is 0 Å². The first-order chi connectivity index (χ1) is 35.5. The third-order valence-corrected chi connectivity index (χ3v) is 15.4. The number of aromatic nitrogens is 1. The zero-order valence-corrected chi connectivity index (χ0v) is 40.4. The van der Waals surface area contributed by atoms with Crippen LogP contribution >= 0.6 is 0 Å².